The van der Waals surface area contributed by atoms with Crippen molar-refractivity contribution in [3.05, 3.63) is 53.6 Å². The van der Waals surface area contributed by atoms with Crippen LogP contribution in [-0.2, 0) is 10.2 Å². The van der Waals surface area contributed by atoms with Gasteiger partial charge in [-0.2, -0.15) is 5.10 Å². The molecule has 150 valence electrons. The normalized spacial score (nSPS) is 11.3. The topological polar surface area (TPSA) is 69.2 Å². The number of amides is 1. The predicted molar refractivity (Wildman–Crippen MR) is 111 cm³/mol. The Morgan fingerprint density at radius 3 is 2.39 bits per heavy atom. The van der Waals surface area contributed by atoms with Crippen LogP contribution in [0.1, 0.15) is 38.8 Å². The molecule has 0 aliphatic carbocycles. The lowest BCUT2D eigenvalue weighted by Gasteiger charge is -2.19. The lowest BCUT2D eigenvalue weighted by Crippen LogP contribution is -2.24. The van der Waals surface area contributed by atoms with E-state index in [1.54, 1.807) is 19.2 Å². The molecule has 6 nitrogen and oxygen atoms in total. The molecule has 0 bridgehead atoms. The van der Waals surface area contributed by atoms with Crippen molar-refractivity contribution in [3.8, 4) is 17.2 Å². The van der Waals surface area contributed by atoms with Crippen molar-refractivity contribution in [1.82, 2.24) is 5.43 Å². The van der Waals surface area contributed by atoms with E-state index in [9.17, 15) is 4.79 Å². The van der Waals surface area contributed by atoms with Gasteiger partial charge in [-0.25, -0.2) is 5.43 Å². The predicted octanol–water partition coefficient (Wildman–Crippen LogP) is 3.92. The molecule has 0 aliphatic rings. The van der Waals surface area contributed by atoms with Gasteiger partial charge in [0.15, 0.2) is 18.1 Å². The van der Waals surface area contributed by atoms with Crippen molar-refractivity contribution in [2.75, 3.05) is 20.3 Å². The zero-order valence-corrected chi connectivity index (χ0v) is 17.1. The van der Waals surface area contributed by atoms with Crippen LogP contribution in [0.15, 0.2) is 47.6 Å². The number of carbonyl (C=O) groups is 1. The molecule has 6 heteroatoms. The monoisotopic (exact) mass is 384 g/mol. The molecule has 1 amide bonds. The van der Waals surface area contributed by atoms with Crippen LogP contribution < -0.4 is 19.6 Å². The second-order valence-corrected chi connectivity index (χ2v) is 7.20. The molecular weight excluding hydrogens is 356 g/mol. The lowest BCUT2D eigenvalue weighted by atomic mass is 9.87. The number of ether oxygens (including phenoxy) is 3. The van der Waals surface area contributed by atoms with Crippen LogP contribution in [0.25, 0.3) is 0 Å². The number of benzene rings is 2. The van der Waals surface area contributed by atoms with E-state index in [0.717, 1.165) is 5.56 Å². The van der Waals surface area contributed by atoms with Gasteiger partial charge in [0.1, 0.15) is 5.75 Å². The maximum atomic E-state index is 11.9. The van der Waals surface area contributed by atoms with Gasteiger partial charge in [-0.3, -0.25) is 4.79 Å². The molecule has 1 N–H and O–H groups in total. The molecule has 0 radical (unpaired) electrons. The third-order valence-electron chi connectivity index (χ3n) is 3.98. The summed E-state index contributed by atoms with van der Waals surface area (Å²) in [6.07, 6.45) is 1.54. The van der Waals surface area contributed by atoms with Gasteiger partial charge in [-0.15, -0.1) is 0 Å². The fourth-order valence-electron chi connectivity index (χ4n) is 2.45. The molecule has 0 atom stereocenters. The van der Waals surface area contributed by atoms with Gasteiger partial charge >= 0.3 is 0 Å². The van der Waals surface area contributed by atoms with E-state index in [1.165, 1.54) is 11.8 Å². The van der Waals surface area contributed by atoms with Crippen molar-refractivity contribution < 1.29 is 19.0 Å². The van der Waals surface area contributed by atoms with E-state index >= 15 is 0 Å². The first-order valence-electron chi connectivity index (χ1n) is 9.19. The molecule has 0 fully saturated rings. The van der Waals surface area contributed by atoms with Crippen molar-refractivity contribution in [2.24, 2.45) is 5.10 Å². The van der Waals surface area contributed by atoms with Gasteiger partial charge < -0.3 is 14.2 Å². The van der Waals surface area contributed by atoms with Crippen LogP contribution in [0.5, 0.6) is 17.2 Å². The van der Waals surface area contributed by atoms with E-state index < -0.39 is 0 Å². The zero-order valence-electron chi connectivity index (χ0n) is 17.1. The van der Waals surface area contributed by atoms with Crippen LogP contribution in [0.4, 0.5) is 0 Å². The Hall–Kier alpha value is -3.02. The summed E-state index contributed by atoms with van der Waals surface area (Å²) in [7, 11) is 1.59. The average molecular weight is 384 g/mol. The molecule has 0 spiro atoms. The molecule has 0 heterocycles. The van der Waals surface area contributed by atoms with Crippen LogP contribution in [0, 0.1) is 0 Å². The number of rotatable bonds is 8. The first-order valence-corrected chi connectivity index (χ1v) is 9.19. The highest BCUT2D eigenvalue weighted by Crippen LogP contribution is 2.27. The standard InChI is InChI=1S/C22H28N2O4/c1-6-27-20-13-16(7-12-19(20)26-5)14-23-24-21(25)15-28-18-10-8-17(9-11-18)22(2,3)4/h7-14H,6,15H2,1-5H3,(H,24,25)/b23-14+. The third kappa shape index (κ3) is 6.30. The summed E-state index contributed by atoms with van der Waals surface area (Å²) in [5, 5.41) is 3.96. The molecule has 2 rings (SSSR count). The molecule has 28 heavy (non-hydrogen) atoms. The highest BCUT2D eigenvalue weighted by atomic mass is 16.5. The summed E-state index contributed by atoms with van der Waals surface area (Å²) in [4.78, 5) is 11.9. The Bertz CT molecular complexity index is 808. The number of nitrogens with zero attached hydrogens (tertiary/aromatic N) is 1. The highest BCUT2D eigenvalue weighted by molar-refractivity contribution is 5.83. The maximum absolute atomic E-state index is 11.9. The number of carbonyl (C=O) groups excluding carboxylic acids is 1. The van der Waals surface area contributed by atoms with Crippen LogP contribution in [0.3, 0.4) is 0 Å². The molecule has 0 aliphatic heterocycles. The molecule has 2 aromatic carbocycles. The summed E-state index contributed by atoms with van der Waals surface area (Å²) in [6.45, 7) is 8.76. The molecule has 0 saturated heterocycles. The van der Waals surface area contributed by atoms with Crippen molar-refractivity contribution in [2.45, 2.75) is 33.1 Å². The molecule has 2 aromatic rings. The number of hydrogen-bond donors (Lipinski definition) is 1. The Balaban J connectivity index is 1.86. The Morgan fingerprint density at radius 1 is 1.07 bits per heavy atom. The minimum atomic E-state index is -0.338. The highest BCUT2D eigenvalue weighted by Gasteiger charge is 2.13. The summed E-state index contributed by atoms with van der Waals surface area (Å²) >= 11 is 0. The molecule has 0 unspecified atom stereocenters. The lowest BCUT2D eigenvalue weighted by molar-refractivity contribution is -0.123. The first-order chi connectivity index (χ1) is 13.3. The van der Waals surface area contributed by atoms with E-state index in [2.05, 4.69) is 31.3 Å². The number of hydrogen-bond acceptors (Lipinski definition) is 5. The Labute approximate surface area is 166 Å². The average Bonchev–Trinajstić information content (AvgIpc) is 2.66. The Morgan fingerprint density at radius 2 is 1.79 bits per heavy atom. The Kier molecular flexibility index (Phi) is 7.44. The van der Waals surface area contributed by atoms with E-state index in [1.807, 2.05) is 37.3 Å². The minimum Gasteiger partial charge on any atom is -0.493 e. The van der Waals surface area contributed by atoms with Gasteiger partial charge in [0.05, 0.1) is 19.9 Å². The van der Waals surface area contributed by atoms with Crippen molar-refractivity contribution in [3.63, 3.8) is 0 Å². The summed E-state index contributed by atoms with van der Waals surface area (Å²) < 4.78 is 16.3. The van der Waals surface area contributed by atoms with Crippen LogP contribution >= 0.6 is 0 Å². The number of methoxy groups -OCH3 is 1. The van der Waals surface area contributed by atoms with Gasteiger partial charge in [0.2, 0.25) is 0 Å². The van der Waals surface area contributed by atoms with Crippen LogP contribution in [-0.4, -0.2) is 32.4 Å². The quantitative estimate of drug-likeness (QED) is 0.553. The van der Waals surface area contributed by atoms with Crippen LogP contribution in [0.2, 0.25) is 0 Å². The largest absolute Gasteiger partial charge is 0.493 e. The zero-order chi connectivity index (χ0) is 20.6. The van der Waals surface area contributed by atoms with Gasteiger partial charge in [-0.05, 0) is 53.8 Å². The maximum Gasteiger partial charge on any atom is 0.277 e. The van der Waals surface area contributed by atoms with Crippen molar-refractivity contribution >= 4 is 12.1 Å². The number of hydrazone groups is 1. The smallest absolute Gasteiger partial charge is 0.277 e. The fourth-order valence-corrected chi connectivity index (χ4v) is 2.45. The van der Waals surface area contributed by atoms with E-state index in [4.69, 9.17) is 14.2 Å². The van der Waals surface area contributed by atoms with Gasteiger partial charge in [0, 0.05) is 0 Å². The van der Waals surface area contributed by atoms with E-state index in [-0.39, 0.29) is 17.9 Å². The third-order valence-corrected chi connectivity index (χ3v) is 3.98. The second kappa shape index (κ2) is 9.78. The summed E-state index contributed by atoms with van der Waals surface area (Å²) in [5.41, 5.74) is 4.52. The molecular formula is C22H28N2O4. The fraction of sp³-hybridized carbons (Fsp3) is 0.364. The summed E-state index contributed by atoms with van der Waals surface area (Å²) in [5.74, 6) is 1.58. The molecule has 0 aromatic heterocycles. The second-order valence-electron chi connectivity index (χ2n) is 7.20. The SMILES string of the molecule is CCOc1cc(/C=N/NC(=O)COc2ccc(C(C)(C)C)cc2)ccc1OC. The first kappa shape index (κ1) is 21.3. The van der Waals surface area contributed by atoms with E-state index in [0.29, 0.717) is 23.9 Å². The number of nitrogens with one attached hydrogen (secondary N) is 1. The van der Waals surface area contributed by atoms with Gasteiger partial charge in [0.25, 0.3) is 5.91 Å². The van der Waals surface area contributed by atoms with Crippen molar-refractivity contribution in [1.29, 1.82) is 0 Å². The minimum absolute atomic E-state index is 0.0775. The summed E-state index contributed by atoms with van der Waals surface area (Å²) in [6, 6.07) is 13.2. The van der Waals surface area contributed by atoms with Gasteiger partial charge in [-0.1, -0.05) is 32.9 Å². The molecule has 0 saturated carbocycles.